The normalized spacial score (nSPS) is 20.9. The van der Waals surface area contributed by atoms with Crippen LogP contribution >= 0.6 is 11.6 Å². The number of ketones is 1. The highest BCUT2D eigenvalue weighted by Gasteiger charge is 2.45. The van der Waals surface area contributed by atoms with Crippen LogP contribution in [0.15, 0.2) is 59.8 Å². The molecule has 1 aliphatic carbocycles. The summed E-state index contributed by atoms with van der Waals surface area (Å²) in [5.41, 5.74) is 1.50. The molecule has 0 radical (unpaired) electrons. The number of nitro benzene ring substituents is 1. The summed E-state index contributed by atoms with van der Waals surface area (Å²) < 4.78 is 0. The van der Waals surface area contributed by atoms with Crippen LogP contribution in [0.3, 0.4) is 0 Å². The van der Waals surface area contributed by atoms with E-state index in [0.717, 1.165) is 5.56 Å². The monoisotopic (exact) mass is 424 g/mol. The van der Waals surface area contributed by atoms with Crippen molar-refractivity contribution >= 4 is 34.7 Å². The largest absolute Gasteiger partial charge is 0.294 e. The van der Waals surface area contributed by atoms with Gasteiger partial charge in [-0.3, -0.25) is 24.6 Å². The number of hydrogen-bond acceptors (Lipinski definition) is 4. The highest BCUT2D eigenvalue weighted by atomic mass is 35.5. The van der Waals surface area contributed by atoms with Crippen LogP contribution in [-0.4, -0.2) is 16.6 Å². The molecule has 7 heteroatoms. The van der Waals surface area contributed by atoms with Crippen molar-refractivity contribution in [1.82, 2.24) is 0 Å². The Morgan fingerprint density at radius 1 is 1.07 bits per heavy atom. The van der Waals surface area contributed by atoms with Crippen LogP contribution in [0.25, 0.3) is 0 Å². The summed E-state index contributed by atoms with van der Waals surface area (Å²) >= 11 is 6.41. The van der Waals surface area contributed by atoms with E-state index >= 15 is 0 Å². The number of rotatable bonds is 3. The summed E-state index contributed by atoms with van der Waals surface area (Å²) in [6, 6.07) is 13.4. The summed E-state index contributed by atoms with van der Waals surface area (Å²) in [6.45, 7) is 3.94. The molecular formula is C23H21ClN2O4. The fourth-order valence-electron chi connectivity index (χ4n) is 4.53. The molecule has 0 aromatic heterocycles. The summed E-state index contributed by atoms with van der Waals surface area (Å²) in [6.07, 6.45) is 0.847. The van der Waals surface area contributed by atoms with E-state index in [4.69, 9.17) is 11.6 Å². The van der Waals surface area contributed by atoms with Gasteiger partial charge in [0.2, 0.25) is 5.91 Å². The lowest BCUT2D eigenvalue weighted by Gasteiger charge is -2.42. The molecule has 0 N–H and O–H groups in total. The number of carbonyl (C=O) groups excluding carboxylic acids is 2. The second kappa shape index (κ2) is 7.36. The molecule has 154 valence electrons. The first-order valence-electron chi connectivity index (χ1n) is 9.76. The average Bonchev–Trinajstić information content (AvgIpc) is 2.66. The Kier molecular flexibility index (Phi) is 4.98. The molecule has 0 spiro atoms. The van der Waals surface area contributed by atoms with Crippen LogP contribution in [0.5, 0.6) is 0 Å². The Labute approximate surface area is 179 Å². The number of Topliss-reactive ketones (excluding diaryl/α,β-unsaturated/α-hetero) is 1. The van der Waals surface area contributed by atoms with Crippen LogP contribution in [-0.2, 0) is 9.59 Å². The van der Waals surface area contributed by atoms with Crippen LogP contribution in [0, 0.1) is 15.5 Å². The van der Waals surface area contributed by atoms with Crippen molar-refractivity contribution in [3.63, 3.8) is 0 Å². The van der Waals surface area contributed by atoms with Crippen LogP contribution in [0.1, 0.15) is 44.6 Å². The third kappa shape index (κ3) is 3.41. The van der Waals surface area contributed by atoms with Crippen molar-refractivity contribution in [3.05, 3.63) is 80.5 Å². The lowest BCUT2D eigenvalue weighted by molar-refractivity contribution is -0.384. The van der Waals surface area contributed by atoms with E-state index < -0.39 is 10.8 Å². The number of amides is 1. The highest BCUT2D eigenvalue weighted by Crippen LogP contribution is 2.50. The Balaban J connectivity index is 1.96. The number of anilines is 1. The predicted octanol–water partition coefficient (Wildman–Crippen LogP) is 5.41. The van der Waals surface area contributed by atoms with Gasteiger partial charge in [-0.2, -0.15) is 0 Å². The number of hydrogen-bond donors (Lipinski definition) is 0. The van der Waals surface area contributed by atoms with Crippen LogP contribution < -0.4 is 4.90 Å². The summed E-state index contributed by atoms with van der Waals surface area (Å²) in [4.78, 5) is 39.1. The van der Waals surface area contributed by atoms with Crippen LogP contribution in [0.2, 0.25) is 5.02 Å². The number of allylic oxidation sites excluding steroid dienone is 2. The second-order valence-electron chi connectivity index (χ2n) is 8.55. The van der Waals surface area contributed by atoms with Gasteiger partial charge in [-0.15, -0.1) is 0 Å². The zero-order chi connectivity index (χ0) is 21.6. The molecule has 1 amide bonds. The summed E-state index contributed by atoms with van der Waals surface area (Å²) in [7, 11) is 0. The number of carbonyl (C=O) groups is 2. The number of benzene rings is 2. The van der Waals surface area contributed by atoms with E-state index in [1.54, 1.807) is 30.3 Å². The molecule has 0 saturated carbocycles. The third-order valence-corrected chi connectivity index (χ3v) is 6.09. The summed E-state index contributed by atoms with van der Waals surface area (Å²) in [5.74, 6) is -0.774. The maximum absolute atomic E-state index is 13.4. The molecule has 1 atom stereocenters. The van der Waals surface area contributed by atoms with Gasteiger partial charge < -0.3 is 0 Å². The molecule has 0 saturated heterocycles. The van der Waals surface area contributed by atoms with Gasteiger partial charge in [0.25, 0.3) is 5.69 Å². The van der Waals surface area contributed by atoms with Crippen molar-refractivity contribution in [2.45, 2.75) is 39.0 Å². The van der Waals surface area contributed by atoms with Gasteiger partial charge in [0.15, 0.2) is 5.78 Å². The maximum atomic E-state index is 13.4. The standard InChI is InChI=1S/C23H21ClN2O4/c1-23(2)12-19-22(20(27)13-23)15(14-7-3-4-8-16(14)24)11-21(28)25(19)17-9-5-6-10-18(17)26(29)30/h3-10,15H,11-13H2,1-2H3. The van der Waals surface area contributed by atoms with E-state index in [9.17, 15) is 19.7 Å². The highest BCUT2D eigenvalue weighted by molar-refractivity contribution is 6.31. The van der Waals surface area contributed by atoms with E-state index in [-0.39, 0.29) is 34.9 Å². The third-order valence-electron chi connectivity index (χ3n) is 5.74. The van der Waals surface area contributed by atoms with E-state index in [0.29, 0.717) is 29.1 Å². The van der Waals surface area contributed by atoms with Crippen molar-refractivity contribution in [2.75, 3.05) is 4.90 Å². The van der Waals surface area contributed by atoms with Crippen molar-refractivity contribution in [2.24, 2.45) is 5.41 Å². The minimum atomic E-state index is -0.501. The first kappa shape index (κ1) is 20.3. The first-order valence-corrected chi connectivity index (χ1v) is 10.1. The average molecular weight is 425 g/mol. The fraction of sp³-hybridized carbons (Fsp3) is 0.304. The first-order chi connectivity index (χ1) is 14.2. The molecule has 0 bridgehead atoms. The van der Waals surface area contributed by atoms with Crippen molar-refractivity contribution < 1.29 is 14.5 Å². The lowest BCUT2D eigenvalue weighted by Crippen LogP contribution is -2.44. The Bertz CT molecular complexity index is 1110. The number of para-hydroxylation sites is 2. The van der Waals surface area contributed by atoms with Gasteiger partial charge >= 0.3 is 0 Å². The molecule has 2 aromatic rings. The number of nitro groups is 1. The smallest absolute Gasteiger partial charge is 0.293 e. The molecule has 2 aliphatic rings. The minimum Gasteiger partial charge on any atom is -0.294 e. The maximum Gasteiger partial charge on any atom is 0.293 e. The van der Waals surface area contributed by atoms with Gasteiger partial charge in [0.1, 0.15) is 5.69 Å². The summed E-state index contributed by atoms with van der Waals surface area (Å²) in [5, 5.41) is 12.1. The van der Waals surface area contributed by atoms with Gasteiger partial charge in [0, 0.05) is 41.1 Å². The second-order valence-corrected chi connectivity index (χ2v) is 8.96. The van der Waals surface area contributed by atoms with E-state index in [1.807, 2.05) is 26.0 Å². The van der Waals surface area contributed by atoms with Gasteiger partial charge in [-0.05, 0) is 29.5 Å². The molecule has 1 unspecified atom stereocenters. The molecule has 0 fully saturated rings. The van der Waals surface area contributed by atoms with E-state index in [2.05, 4.69) is 0 Å². The Hall–Kier alpha value is -2.99. The molecular weight excluding hydrogens is 404 g/mol. The Morgan fingerprint density at radius 3 is 2.43 bits per heavy atom. The van der Waals surface area contributed by atoms with Crippen molar-refractivity contribution in [1.29, 1.82) is 0 Å². The minimum absolute atomic E-state index is 0.0286. The van der Waals surface area contributed by atoms with Gasteiger partial charge in [-0.1, -0.05) is 55.8 Å². The molecule has 4 rings (SSSR count). The van der Waals surface area contributed by atoms with Gasteiger partial charge in [0.05, 0.1) is 4.92 Å². The zero-order valence-corrected chi connectivity index (χ0v) is 17.5. The molecule has 2 aromatic carbocycles. The molecule has 1 heterocycles. The number of halogens is 1. The van der Waals surface area contributed by atoms with Crippen molar-refractivity contribution in [3.8, 4) is 0 Å². The molecule has 30 heavy (non-hydrogen) atoms. The molecule has 1 aliphatic heterocycles. The van der Waals surface area contributed by atoms with Gasteiger partial charge in [-0.25, -0.2) is 0 Å². The van der Waals surface area contributed by atoms with Crippen LogP contribution in [0.4, 0.5) is 11.4 Å². The quantitative estimate of drug-likeness (QED) is 0.487. The fourth-order valence-corrected chi connectivity index (χ4v) is 4.79. The van der Waals surface area contributed by atoms with E-state index in [1.165, 1.54) is 11.0 Å². The SMILES string of the molecule is CC1(C)CC(=O)C2=C(C1)N(c1ccccc1[N+](=O)[O-])C(=O)CC2c1ccccc1Cl. The Morgan fingerprint density at radius 2 is 1.73 bits per heavy atom. The zero-order valence-electron chi connectivity index (χ0n) is 16.7. The lowest BCUT2D eigenvalue weighted by atomic mass is 9.69. The number of nitrogens with zero attached hydrogens (tertiary/aromatic N) is 2. The topological polar surface area (TPSA) is 80.5 Å². The predicted molar refractivity (Wildman–Crippen MR) is 114 cm³/mol. The molecule has 6 nitrogen and oxygen atoms in total.